The highest BCUT2D eigenvalue weighted by Gasteiger charge is 2.35. The maximum atomic E-state index is 13.0. The Morgan fingerprint density at radius 3 is 2.68 bits per heavy atom. The Labute approximate surface area is 177 Å². The van der Waals surface area contributed by atoms with Gasteiger partial charge in [-0.1, -0.05) is 0 Å². The summed E-state index contributed by atoms with van der Waals surface area (Å²) < 4.78 is 11.0. The molecule has 2 aromatic rings. The number of hydrogen-bond acceptors (Lipinski definition) is 7. The number of fused-ring (bicyclic) bond motifs is 2. The van der Waals surface area contributed by atoms with Crippen molar-refractivity contribution in [1.82, 2.24) is 9.97 Å². The molecule has 4 heterocycles. The number of amides is 2. The molecule has 0 aliphatic carbocycles. The van der Waals surface area contributed by atoms with Gasteiger partial charge in [0.15, 0.2) is 11.5 Å². The zero-order valence-electron chi connectivity index (χ0n) is 16.9. The fourth-order valence-electron chi connectivity index (χ4n) is 4.19. The van der Waals surface area contributed by atoms with Crippen LogP contribution in [0.2, 0.25) is 0 Å². The lowest BCUT2D eigenvalue weighted by Crippen LogP contribution is -2.38. The summed E-state index contributed by atoms with van der Waals surface area (Å²) in [7, 11) is 0. The predicted molar refractivity (Wildman–Crippen MR) is 113 cm³/mol. The maximum Gasteiger partial charge on any atom is 0.258 e. The van der Waals surface area contributed by atoms with Gasteiger partial charge in [0.05, 0.1) is 11.5 Å². The molecular formula is C21H23N5O5. The largest absolute Gasteiger partial charge is 0.486 e. The van der Waals surface area contributed by atoms with Crippen LogP contribution in [0.3, 0.4) is 0 Å². The lowest BCUT2D eigenvalue weighted by atomic mass is 9.92. The summed E-state index contributed by atoms with van der Waals surface area (Å²) >= 11 is 0. The summed E-state index contributed by atoms with van der Waals surface area (Å²) in [5, 5.41) is 5.44. The average molecular weight is 425 g/mol. The fourth-order valence-corrected chi connectivity index (χ4v) is 4.19. The summed E-state index contributed by atoms with van der Waals surface area (Å²) in [4.78, 5) is 47.5. The minimum absolute atomic E-state index is 0.128. The molecule has 31 heavy (non-hydrogen) atoms. The minimum atomic E-state index is -0.941. The van der Waals surface area contributed by atoms with Crippen LogP contribution in [0.15, 0.2) is 23.0 Å². The monoisotopic (exact) mass is 425 g/mol. The van der Waals surface area contributed by atoms with Gasteiger partial charge < -0.3 is 25.0 Å². The number of H-pyrrole nitrogens is 1. The Balaban J connectivity index is 1.42. The van der Waals surface area contributed by atoms with Gasteiger partial charge in [-0.3, -0.25) is 19.4 Å². The number of carbonyl (C=O) groups is 2. The van der Waals surface area contributed by atoms with E-state index >= 15 is 0 Å². The van der Waals surface area contributed by atoms with Gasteiger partial charge in [0, 0.05) is 31.3 Å². The summed E-state index contributed by atoms with van der Waals surface area (Å²) in [5.74, 6) is -0.0134. The lowest BCUT2D eigenvalue weighted by molar-refractivity contribution is -0.123. The number of hydrogen-bond donors (Lipinski definition) is 3. The second-order valence-electron chi connectivity index (χ2n) is 7.85. The lowest BCUT2D eigenvalue weighted by Gasteiger charge is -2.29. The van der Waals surface area contributed by atoms with Crippen molar-refractivity contribution in [3.63, 3.8) is 0 Å². The molecule has 0 saturated carbocycles. The number of nitrogens with zero attached hydrogens (tertiary/aromatic N) is 2. The number of ether oxygens (including phenoxy) is 2. The zero-order valence-corrected chi connectivity index (χ0v) is 16.9. The number of carbonyl (C=O) groups excluding carboxylic acids is 2. The van der Waals surface area contributed by atoms with Crippen molar-refractivity contribution in [2.75, 3.05) is 41.8 Å². The van der Waals surface area contributed by atoms with Gasteiger partial charge in [-0.25, -0.2) is 0 Å². The van der Waals surface area contributed by atoms with Crippen LogP contribution < -0.4 is 30.6 Å². The van der Waals surface area contributed by atoms with E-state index in [-0.39, 0.29) is 23.7 Å². The summed E-state index contributed by atoms with van der Waals surface area (Å²) in [6, 6.07) is 5.07. The zero-order chi connectivity index (χ0) is 21.4. The van der Waals surface area contributed by atoms with E-state index in [9.17, 15) is 14.4 Å². The van der Waals surface area contributed by atoms with Crippen molar-refractivity contribution in [3.8, 4) is 11.5 Å². The average Bonchev–Trinajstić information content (AvgIpc) is 2.78. The van der Waals surface area contributed by atoms with E-state index in [1.165, 1.54) is 0 Å². The van der Waals surface area contributed by atoms with Crippen molar-refractivity contribution in [1.29, 1.82) is 0 Å². The molecule has 1 aromatic heterocycles. The molecule has 162 valence electrons. The predicted octanol–water partition coefficient (Wildman–Crippen LogP) is 1.60. The highest BCUT2D eigenvalue weighted by atomic mass is 16.6. The molecule has 1 fully saturated rings. The van der Waals surface area contributed by atoms with E-state index in [0.717, 1.165) is 32.4 Å². The normalized spacial score (nSPS) is 19.9. The van der Waals surface area contributed by atoms with E-state index in [1.807, 2.05) is 4.90 Å². The van der Waals surface area contributed by atoms with Gasteiger partial charge in [0.25, 0.3) is 5.56 Å². The number of benzene rings is 1. The van der Waals surface area contributed by atoms with Crippen molar-refractivity contribution in [2.24, 2.45) is 0 Å². The Hall–Kier alpha value is -3.56. The third-order valence-corrected chi connectivity index (χ3v) is 5.72. The van der Waals surface area contributed by atoms with E-state index < -0.39 is 17.4 Å². The first-order valence-corrected chi connectivity index (χ1v) is 10.5. The summed E-state index contributed by atoms with van der Waals surface area (Å²) in [5.41, 5.74) is 0.263. The van der Waals surface area contributed by atoms with Crippen molar-refractivity contribution in [2.45, 2.75) is 31.6 Å². The molecule has 1 saturated heterocycles. The van der Waals surface area contributed by atoms with Crippen molar-refractivity contribution < 1.29 is 19.1 Å². The SMILES string of the molecule is O=C1C[C@H](C(=O)Nc2ccc3c(c2)OCCO3)c2c(nc(N3CCCCC3)[nH]c2=O)N1. The van der Waals surface area contributed by atoms with Crippen LogP contribution in [-0.4, -0.2) is 48.1 Å². The van der Waals surface area contributed by atoms with Crippen LogP contribution in [0.4, 0.5) is 17.5 Å². The molecule has 10 nitrogen and oxygen atoms in total. The van der Waals surface area contributed by atoms with Crippen LogP contribution in [0, 0.1) is 0 Å². The number of aromatic amines is 1. The number of piperidine rings is 1. The number of aromatic nitrogens is 2. The molecule has 2 amide bonds. The first-order valence-electron chi connectivity index (χ1n) is 10.5. The van der Waals surface area contributed by atoms with Crippen molar-refractivity contribution in [3.05, 3.63) is 34.1 Å². The molecule has 0 radical (unpaired) electrons. The van der Waals surface area contributed by atoms with E-state index in [0.29, 0.717) is 36.3 Å². The Morgan fingerprint density at radius 1 is 1.10 bits per heavy atom. The first kappa shape index (κ1) is 19.4. The van der Waals surface area contributed by atoms with Crippen LogP contribution in [-0.2, 0) is 9.59 Å². The van der Waals surface area contributed by atoms with Gasteiger partial charge in [-0.15, -0.1) is 0 Å². The molecule has 10 heteroatoms. The van der Waals surface area contributed by atoms with Crippen molar-refractivity contribution >= 4 is 29.3 Å². The molecule has 3 aliphatic rings. The van der Waals surface area contributed by atoms with Crippen LogP contribution >= 0.6 is 0 Å². The van der Waals surface area contributed by atoms with E-state index in [1.54, 1.807) is 18.2 Å². The third-order valence-electron chi connectivity index (χ3n) is 5.72. The smallest absolute Gasteiger partial charge is 0.258 e. The van der Waals surface area contributed by atoms with Crippen LogP contribution in [0.25, 0.3) is 0 Å². The van der Waals surface area contributed by atoms with E-state index in [4.69, 9.17) is 9.47 Å². The quantitative estimate of drug-likeness (QED) is 0.682. The Morgan fingerprint density at radius 2 is 1.87 bits per heavy atom. The van der Waals surface area contributed by atoms with E-state index in [2.05, 4.69) is 20.6 Å². The minimum Gasteiger partial charge on any atom is -0.486 e. The molecule has 1 aromatic carbocycles. The van der Waals surface area contributed by atoms with Crippen LogP contribution in [0.1, 0.15) is 37.2 Å². The third kappa shape index (κ3) is 3.80. The number of rotatable bonds is 3. The van der Waals surface area contributed by atoms with Crippen LogP contribution in [0.5, 0.6) is 11.5 Å². The molecular weight excluding hydrogens is 402 g/mol. The Kier molecular flexibility index (Phi) is 4.97. The molecule has 0 bridgehead atoms. The van der Waals surface area contributed by atoms with Gasteiger partial charge >= 0.3 is 0 Å². The second kappa shape index (κ2) is 7.93. The van der Waals surface area contributed by atoms with Gasteiger partial charge in [-0.05, 0) is 31.4 Å². The highest BCUT2D eigenvalue weighted by molar-refractivity contribution is 6.04. The number of nitrogens with one attached hydrogen (secondary N) is 3. The van der Waals surface area contributed by atoms with Gasteiger partial charge in [-0.2, -0.15) is 4.98 Å². The topological polar surface area (TPSA) is 126 Å². The molecule has 3 N–H and O–H groups in total. The molecule has 0 spiro atoms. The summed E-state index contributed by atoms with van der Waals surface area (Å²) in [6.07, 6.45) is 3.06. The molecule has 3 aliphatic heterocycles. The first-order chi connectivity index (χ1) is 15.1. The maximum absolute atomic E-state index is 13.0. The molecule has 0 unspecified atom stereocenters. The Bertz CT molecular complexity index is 1090. The standard InChI is InChI=1S/C21H23N5O5/c27-16-11-13(19(28)22-12-4-5-14-15(10-12)31-9-8-30-14)17-18(23-16)24-21(25-20(17)29)26-6-2-1-3-7-26/h4-5,10,13H,1-3,6-9,11H2,(H,22,28)(H2,23,24,25,27,29)/t13-/m0/s1. The second-order valence-corrected chi connectivity index (χ2v) is 7.85. The molecule has 1 atom stereocenters. The van der Waals surface area contributed by atoms with Gasteiger partial charge in [0.2, 0.25) is 17.8 Å². The van der Waals surface area contributed by atoms with Gasteiger partial charge in [0.1, 0.15) is 19.0 Å². The fraction of sp³-hybridized carbons (Fsp3) is 0.429. The highest BCUT2D eigenvalue weighted by Crippen LogP contribution is 2.34. The number of anilines is 3. The molecule has 5 rings (SSSR count). The summed E-state index contributed by atoms with van der Waals surface area (Å²) in [6.45, 7) is 2.50.